The zero-order chi connectivity index (χ0) is 17.6. The third-order valence-corrected chi connectivity index (χ3v) is 4.98. The van der Waals surface area contributed by atoms with Gasteiger partial charge < -0.3 is 14.4 Å². The summed E-state index contributed by atoms with van der Waals surface area (Å²) in [6.45, 7) is 6.72. The van der Waals surface area contributed by atoms with Crippen molar-refractivity contribution in [2.45, 2.75) is 25.5 Å². The molecule has 1 amide bonds. The van der Waals surface area contributed by atoms with Gasteiger partial charge in [-0.05, 0) is 36.6 Å². The number of rotatable bonds is 4. The van der Waals surface area contributed by atoms with Gasteiger partial charge in [-0.25, -0.2) is 0 Å². The van der Waals surface area contributed by atoms with E-state index in [9.17, 15) is 4.79 Å². The van der Waals surface area contributed by atoms with Gasteiger partial charge in [-0.3, -0.25) is 14.7 Å². The number of nitrogens with zero attached hydrogens (tertiary/aromatic N) is 3. The number of piperazine rings is 1. The second kappa shape index (κ2) is 8.56. The van der Waals surface area contributed by atoms with Crippen LogP contribution in [0.5, 0.6) is 0 Å². The van der Waals surface area contributed by atoms with Gasteiger partial charge in [-0.1, -0.05) is 0 Å². The highest BCUT2D eigenvalue weighted by molar-refractivity contribution is 5.91. The minimum absolute atomic E-state index is 0.0661. The number of carbonyl (C=O) groups excluding carboxylic acids is 1. The fraction of sp³-hybridized carbons (Fsp3) is 0.579. The van der Waals surface area contributed by atoms with Crippen LogP contribution in [0.1, 0.15) is 17.5 Å². The van der Waals surface area contributed by atoms with Crippen LogP contribution < -0.4 is 0 Å². The lowest BCUT2D eigenvalue weighted by atomic mass is 10.0. The first-order chi connectivity index (χ1) is 12.2. The van der Waals surface area contributed by atoms with Crippen LogP contribution in [0, 0.1) is 6.92 Å². The minimum Gasteiger partial charge on any atom is -0.379 e. The van der Waals surface area contributed by atoms with Crippen molar-refractivity contribution in [1.29, 1.82) is 0 Å². The molecule has 0 radical (unpaired) electrons. The first-order valence-electron chi connectivity index (χ1n) is 8.90. The fourth-order valence-corrected chi connectivity index (χ4v) is 3.56. The normalized spacial score (nSPS) is 25.4. The van der Waals surface area contributed by atoms with E-state index in [0.29, 0.717) is 12.6 Å². The Morgan fingerprint density at radius 3 is 2.84 bits per heavy atom. The number of amides is 1. The quantitative estimate of drug-likeness (QED) is 0.771. The molecule has 0 aliphatic carbocycles. The average molecular weight is 345 g/mol. The van der Waals surface area contributed by atoms with Gasteiger partial charge in [0, 0.05) is 64.4 Å². The van der Waals surface area contributed by atoms with Crippen molar-refractivity contribution in [2.75, 3.05) is 46.5 Å². The number of pyridine rings is 1. The summed E-state index contributed by atoms with van der Waals surface area (Å²) in [5, 5.41) is 0. The zero-order valence-corrected chi connectivity index (χ0v) is 15.1. The molecule has 0 bridgehead atoms. The predicted octanol–water partition coefficient (Wildman–Crippen LogP) is 1.35. The molecule has 2 fully saturated rings. The molecule has 0 saturated carbocycles. The standard InChI is InChI=1S/C19H27N3O3/c1-15-11-16(13-20-12-15)3-4-19(23)22-8-6-21(7-9-22)17-5-10-25-14-18(17)24-2/h3-4,11-13,17-18H,5-10,14H2,1-2H3. The second-order valence-corrected chi connectivity index (χ2v) is 6.70. The Hall–Kier alpha value is -1.76. The topological polar surface area (TPSA) is 54.9 Å². The van der Waals surface area contributed by atoms with Gasteiger partial charge in [-0.15, -0.1) is 0 Å². The molecule has 2 unspecified atom stereocenters. The van der Waals surface area contributed by atoms with Crippen molar-refractivity contribution < 1.29 is 14.3 Å². The summed E-state index contributed by atoms with van der Waals surface area (Å²) in [5.74, 6) is 0.0661. The van der Waals surface area contributed by atoms with E-state index < -0.39 is 0 Å². The monoisotopic (exact) mass is 345 g/mol. The maximum Gasteiger partial charge on any atom is 0.246 e. The molecule has 3 heterocycles. The molecule has 136 valence electrons. The molecule has 0 spiro atoms. The van der Waals surface area contributed by atoms with Crippen LogP contribution in [0.3, 0.4) is 0 Å². The Bertz CT molecular complexity index is 612. The highest BCUT2D eigenvalue weighted by Gasteiger charge is 2.33. The van der Waals surface area contributed by atoms with Crippen LogP contribution in [0.4, 0.5) is 0 Å². The lowest BCUT2D eigenvalue weighted by Gasteiger charge is -2.43. The molecule has 0 N–H and O–H groups in total. The summed E-state index contributed by atoms with van der Waals surface area (Å²) < 4.78 is 11.1. The SMILES string of the molecule is COC1COCCC1N1CCN(C(=O)C=Cc2cncc(C)c2)CC1. The minimum atomic E-state index is 0.0661. The first-order valence-corrected chi connectivity index (χ1v) is 8.90. The van der Waals surface area contributed by atoms with Crippen LogP contribution in [-0.2, 0) is 14.3 Å². The molecule has 2 saturated heterocycles. The van der Waals surface area contributed by atoms with Crippen LogP contribution in [0.15, 0.2) is 24.5 Å². The Labute approximate surface area is 149 Å². The number of aromatic nitrogens is 1. The van der Waals surface area contributed by atoms with Gasteiger partial charge in [0.2, 0.25) is 5.91 Å². The molecule has 6 nitrogen and oxygen atoms in total. The summed E-state index contributed by atoms with van der Waals surface area (Å²) in [7, 11) is 1.75. The summed E-state index contributed by atoms with van der Waals surface area (Å²) in [5.41, 5.74) is 2.05. The number of hydrogen-bond acceptors (Lipinski definition) is 5. The van der Waals surface area contributed by atoms with Crippen LogP contribution in [-0.4, -0.2) is 79.3 Å². The van der Waals surface area contributed by atoms with Crippen LogP contribution in [0.25, 0.3) is 6.08 Å². The molecule has 1 aromatic rings. The predicted molar refractivity (Wildman–Crippen MR) is 96.2 cm³/mol. The Morgan fingerprint density at radius 1 is 1.32 bits per heavy atom. The first kappa shape index (κ1) is 18.0. The van der Waals surface area contributed by atoms with E-state index in [2.05, 4.69) is 9.88 Å². The third-order valence-electron chi connectivity index (χ3n) is 4.98. The highest BCUT2D eigenvalue weighted by Crippen LogP contribution is 2.19. The maximum atomic E-state index is 12.4. The average Bonchev–Trinajstić information content (AvgIpc) is 2.66. The maximum absolute atomic E-state index is 12.4. The third kappa shape index (κ3) is 4.66. The number of carbonyl (C=O) groups is 1. The number of ether oxygens (including phenoxy) is 2. The molecule has 1 aromatic heterocycles. The fourth-order valence-electron chi connectivity index (χ4n) is 3.56. The van der Waals surface area contributed by atoms with E-state index >= 15 is 0 Å². The van der Waals surface area contributed by atoms with E-state index in [1.807, 2.05) is 30.2 Å². The highest BCUT2D eigenvalue weighted by atomic mass is 16.5. The molecular weight excluding hydrogens is 318 g/mol. The van der Waals surface area contributed by atoms with Crippen molar-refractivity contribution in [1.82, 2.24) is 14.8 Å². The molecular formula is C19H27N3O3. The second-order valence-electron chi connectivity index (χ2n) is 6.70. The van der Waals surface area contributed by atoms with E-state index in [0.717, 1.165) is 50.3 Å². The van der Waals surface area contributed by atoms with E-state index in [1.54, 1.807) is 19.4 Å². The van der Waals surface area contributed by atoms with E-state index in [1.165, 1.54) is 0 Å². The van der Waals surface area contributed by atoms with Gasteiger partial charge >= 0.3 is 0 Å². The largest absolute Gasteiger partial charge is 0.379 e. The molecule has 6 heteroatoms. The number of hydrogen-bond donors (Lipinski definition) is 0. The number of aryl methyl sites for hydroxylation is 1. The molecule has 2 aliphatic heterocycles. The molecule has 0 aromatic carbocycles. The van der Waals surface area contributed by atoms with Crippen molar-refractivity contribution >= 4 is 12.0 Å². The smallest absolute Gasteiger partial charge is 0.246 e. The molecule has 25 heavy (non-hydrogen) atoms. The Morgan fingerprint density at radius 2 is 2.12 bits per heavy atom. The summed E-state index contributed by atoms with van der Waals surface area (Å²) in [4.78, 5) is 20.9. The van der Waals surface area contributed by atoms with Crippen molar-refractivity contribution in [3.63, 3.8) is 0 Å². The van der Waals surface area contributed by atoms with Crippen molar-refractivity contribution in [3.8, 4) is 0 Å². The van der Waals surface area contributed by atoms with E-state index in [4.69, 9.17) is 9.47 Å². The van der Waals surface area contributed by atoms with Crippen molar-refractivity contribution in [2.24, 2.45) is 0 Å². The lowest BCUT2D eigenvalue weighted by molar-refractivity contribution is -0.130. The molecule has 2 aliphatic rings. The Kier molecular flexibility index (Phi) is 6.18. The summed E-state index contributed by atoms with van der Waals surface area (Å²) in [6.07, 6.45) is 8.19. The van der Waals surface area contributed by atoms with Gasteiger partial charge in [0.25, 0.3) is 0 Å². The van der Waals surface area contributed by atoms with Crippen LogP contribution >= 0.6 is 0 Å². The lowest BCUT2D eigenvalue weighted by Crippen LogP contribution is -2.57. The molecule has 3 rings (SSSR count). The molecule has 2 atom stereocenters. The van der Waals surface area contributed by atoms with Crippen molar-refractivity contribution in [3.05, 3.63) is 35.7 Å². The van der Waals surface area contributed by atoms with Gasteiger partial charge in [0.1, 0.15) is 0 Å². The van der Waals surface area contributed by atoms with Gasteiger partial charge in [0.05, 0.1) is 12.7 Å². The van der Waals surface area contributed by atoms with Gasteiger partial charge in [-0.2, -0.15) is 0 Å². The summed E-state index contributed by atoms with van der Waals surface area (Å²) >= 11 is 0. The number of methoxy groups -OCH3 is 1. The summed E-state index contributed by atoms with van der Waals surface area (Å²) in [6, 6.07) is 2.41. The zero-order valence-electron chi connectivity index (χ0n) is 15.1. The van der Waals surface area contributed by atoms with E-state index in [-0.39, 0.29) is 12.0 Å². The van der Waals surface area contributed by atoms with Crippen LogP contribution in [0.2, 0.25) is 0 Å². The van der Waals surface area contributed by atoms with Gasteiger partial charge in [0.15, 0.2) is 0 Å². The Balaban J connectivity index is 1.52.